The maximum atomic E-state index is 12.0. The summed E-state index contributed by atoms with van der Waals surface area (Å²) in [5, 5.41) is 0. The van der Waals surface area contributed by atoms with Gasteiger partial charge in [-0.05, 0) is 5.56 Å². The van der Waals surface area contributed by atoms with Crippen molar-refractivity contribution in [3.8, 4) is 0 Å². The van der Waals surface area contributed by atoms with E-state index in [1.165, 1.54) is 20.3 Å². The van der Waals surface area contributed by atoms with E-state index < -0.39 is 11.9 Å². The molecule has 4 heteroatoms. The smallest absolute Gasteiger partial charge is 0.306 e. The fraction of sp³-hybridized carbons (Fsp3) is 0.294. The van der Waals surface area contributed by atoms with Crippen molar-refractivity contribution in [3.05, 3.63) is 53.8 Å². The highest BCUT2D eigenvalue weighted by Gasteiger charge is 2.37. The molecular formula is C17H18O4. The zero-order valence-corrected chi connectivity index (χ0v) is 12.1. The Morgan fingerprint density at radius 3 is 2.57 bits per heavy atom. The van der Waals surface area contributed by atoms with Crippen molar-refractivity contribution in [3.63, 3.8) is 0 Å². The van der Waals surface area contributed by atoms with Crippen LogP contribution in [0.4, 0.5) is 0 Å². The molecule has 1 aliphatic rings. The van der Waals surface area contributed by atoms with Gasteiger partial charge in [-0.3, -0.25) is 9.59 Å². The molecule has 0 saturated heterocycles. The minimum absolute atomic E-state index is 0.0580. The molecule has 0 fully saturated rings. The van der Waals surface area contributed by atoms with Crippen molar-refractivity contribution in [1.82, 2.24) is 0 Å². The number of hydrogen-bond donors (Lipinski definition) is 0. The third-order valence-electron chi connectivity index (χ3n) is 3.56. The number of ether oxygens (including phenoxy) is 2. The van der Waals surface area contributed by atoms with Crippen molar-refractivity contribution in [2.45, 2.75) is 6.42 Å². The Labute approximate surface area is 124 Å². The normalized spacial score (nSPS) is 21.4. The van der Waals surface area contributed by atoms with E-state index in [4.69, 9.17) is 4.74 Å². The Hall–Kier alpha value is -2.36. The van der Waals surface area contributed by atoms with Crippen LogP contribution >= 0.6 is 0 Å². The Bertz CT molecular complexity index is 572. The number of rotatable bonds is 5. The maximum absolute atomic E-state index is 12.0. The highest BCUT2D eigenvalue weighted by molar-refractivity contribution is 5.97. The summed E-state index contributed by atoms with van der Waals surface area (Å²) in [6.45, 7) is 0. The summed E-state index contributed by atoms with van der Waals surface area (Å²) in [5.74, 6) is -0.590. The number of ketones is 1. The molecule has 4 nitrogen and oxygen atoms in total. The summed E-state index contributed by atoms with van der Waals surface area (Å²) in [6, 6.07) is 9.77. The van der Waals surface area contributed by atoms with E-state index in [2.05, 4.69) is 4.74 Å². The Morgan fingerprint density at radius 2 is 1.95 bits per heavy atom. The van der Waals surface area contributed by atoms with Crippen molar-refractivity contribution in [2.24, 2.45) is 11.8 Å². The molecule has 0 heterocycles. The lowest BCUT2D eigenvalue weighted by Gasteiger charge is -2.16. The number of carbonyl (C=O) groups excluding carboxylic acids is 2. The SMILES string of the molecule is COC(=O)C[C@H]1C(=O)C=C(OC)[C@@H]1/C=C/c1ccccc1. The van der Waals surface area contributed by atoms with Gasteiger partial charge in [0, 0.05) is 17.9 Å². The lowest BCUT2D eigenvalue weighted by molar-refractivity contribution is -0.143. The topological polar surface area (TPSA) is 52.6 Å². The van der Waals surface area contributed by atoms with E-state index in [9.17, 15) is 9.59 Å². The first kappa shape index (κ1) is 15.0. The second kappa shape index (κ2) is 6.88. The van der Waals surface area contributed by atoms with E-state index >= 15 is 0 Å². The van der Waals surface area contributed by atoms with E-state index in [0.717, 1.165) is 5.56 Å². The predicted octanol–water partition coefficient (Wildman–Crippen LogP) is 2.61. The quantitative estimate of drug-likeness (QED) is 0.781. The molecule has 0 aromatic heterocycles. The van der Waals surface area contributed by atoms with E-state index in [0.29, 0.717) is 5.76 Å². The number of esters is 1. The summed E-state index contributed by atoms with van der Waals surface area (Å²) >= 11 is 0. The minimum atomic E-state index is -0.452. The van der Waals surface area contributed by atoms with Gasteiger partial charge < -0.3 is 9.47 Å². The Kier molecular flexibility index (Phi) is 4.93. The second-order valence-electron chi connectivity index (χ2n) is 4.84. The zero-order valence-electron chi connectivity index (χ0n) is 12.1. The summed E-state index contributed by atoms with van der Waals surface area (Å²) in [6.07, 6.45) is 5.36. The molecule has 0 aliphatic heterocycles. The fourth-order valence-electron chi connectivity index (χ4n) is 2.41. The lowest BCUT2D eigenvalue weighted by Crippen LogP contribution is -2.21. The average molecular weight is 286 g/mol. The van der Waals surface area contributed by atoms with Crippen molar-refractivity contribution in [2.75, 3.05) is 14.2 Å². The third-order valence-corrected chi connectivity index (χ3v) is 3.56. The van der Waals surface area contributed by atoms with Crippen LogP contribution in [0, 0.1) is 11.8 Å². The van der Waals surface area contributed by atoms with Gasteiger partial charge in [0.2, 0.25) is 0 Å². The van der Waals surface area contributed by atoms with E-state index in [1.807, 2.05) is 42.5 Å². The maximum Gasteiger partial charge on any atom is 0.306 e. The second-order valence-corrected chi connectivity index (χ2v) is 4.84. The molecule has 0 spiro atoms. The average Bonchev–Trinajstić information content (AvgIpc) is 2.81. The molecule has 2 atom stereocenters. The van der Waals surface area contributed by atoms with Crippen LogP contribution in [0.3, 0.4) is 0 Å². The Morgan fingerprint density at radius 1 is 1.24 bits per heavy atom. The molecule has 2 rings (SSSR count). The van der Waals surface area contributed by atoms with Crippen LogP contribution in [-0.4, -0.2) is 26.0 Å². The molecule has 0 N–H and O–H groups in total. The van der Waals surface area contributed by atoms with Crippen molar-refractivity contribution in [1.29, 1.82) is 0 Å². The molecule has 0 unspecified atom stereocenters. The standard InChI is InChI=1S/C17H18O4/c1-20-16-11-15(18)14(10-17(19)21-2)13(16)9-8-12-6-4-3-5-7-12/h3-9,11,13-14H,10H2,1-2H3/b9-8+/t13-,14-/m1/s1. The van der Waals surface area contributed by atoms with E-state index in [1.54, 1.807) is 0 Å². The van der Waals surface area contributed by atoms with Crippen molar-refractivity contribution < 1.29 is 19.1 Å². The first-order chi connectivity index (χ1) is 10.2. The van der Waals surface area contributed by atoms with Crippen molar-refractivity contribution >= 4 is 17.8 Å². The third kappa shape index (κ3) is 3.60. The number of benzene rings is 1. The molecule has 0 amide bonds. The van der Waals surface area contributed by atoms with Crippen LogP contribution < -0.4 is 0 Å². The van der Waals surface area contributed by atoms with Gasteiger partial charge in [0.25, 0.3) is 0 Å². The molecule has 1 aliphatic carbocycles. The molecule has 110 valence electrons. The molecule has 21 heavy (non-hydrogen) atoms. The number of carbonyl (C=O) groups is 2. The van der Waals surface area contributed by atoms with Gasteiger partial charge in [-0.1, -0.05) is 42.5 Å². The first-order valence-corrected chi connectivity index (χ1v) is 6.75. The minimum Gasteiger partial charge on any atom is -0.500 e. The largest absolute Gasteiger partial charge is 0.500 e. The Balaban J connectivity index is 2.19. The van der Waals surface area contributed by atoms with Crippen LogP contribution in [0.5, 0.6) is 0 Å². The van der Waals surface area contributed by atoms with Crippen LogP contribution in [0.25, 0.3) is 6.08 Å². The van der Waals surface area contributed by atoms with Gasteiger partial charge in [-0.15, -0.1) is 0 Å². The van der Waals surface area contributed by atoms with Crippen LogP contribution in [-0.2, 0) is 19.1 Å². The number of allylic oxidation sites excluding steroid dienone is 2. The van der Waals surface area contributed by atoms with Gasteiger partial charge in [0.1, 0.15) is 5.76 Å². The lowest BCUT2D eigenvalue weighted by atomic mass is 9.90. The van der Waals surface area contributed by atoms with Gasteiger partial charge in [-0.2, -0.15) is 0 Å². The summed E-state index contributed by atoms with van der Waals surface area (Å²) < 4.78 is 9.93. The molecule has 1 aromatic carbocycles. The van der Waals surface area contributed by atoms with Gasteiger partial charge in [0.05, 0.1) is 20.6 Å². The van der Waals surface area contributed by atoms with Crippen LogP contribution in [0.1, 0.15) is 12.0 Å². The van der Waals surface area contributed by atoms with Gasteiger partial charge >= 0.3 is 5.97 Å². The summed E-state index contributed by atoms with van der Waals surface area (Å²) in [7, 11) is 2.85. The van der Waals surface area contributed by atoms with Crippen LogP contribution in [0.2, 0.25) is 0 Å². The number of methoxy groups -OCH3 is 2. The molecule has 0 bridgehead atoms. The molecular weight excluding hydrogens is 268 g/mol. The predicted molar refractivity (Wildman–Crippen MR) is 79.2 cm³/mol. The summed E-state index contributed by atoms with van der Waals surface area (Å²) in [4.78, 5) is 23.5. The fourth-order valence-corrected chi connectivity index (χ4v) is 2.41. The highest BCUT2D eigenvalue weighted by atomic mass is 16.5. The highest BCUT2D eigenvalue weighted by Crippen LogP contribution is 2.34. The van der Waals surface area contributed by atoms with Gasteiger partial charge in [-0.25, -0.2) is 0 Å². The first-order valence-electron chi connectivity index (χ1n) is 6.75. The zero-order chi connectivity index (χ0) is 15.2. The molecule has 0 saturated carbocycles. The summed E-state index contributed by atoms with van der Waals surface area (Å²) in [5.41, 5.74) is 1.03. The van der Waals surface area contributed by atoms with Gasteiger partial charge in [0.15, 0.2) is 5.78 Å². The van der Waals surface area contributed by atoms with E-state index in [-0.39, 0.29) is 18.1 Å². The van der Waals surface area contributed by atoms with Crippen LogP contribution in [0.15, 0.2) is 48.2 Å². The molecule has 1 aromatic rings. The monoisotopic (exact) mass is 286 g/mol. The number of hydrogen-bond acceptors (Lipinski definition) is 4. The molecule has 0 radical (unpaired) electrons.